The van der Waals surface area contributed by atoms with Crippen molar-refractivity contribution in [2.45, 2.75) is 13.3 Å². The normalized spacial score (nSPS) is 14.9. The topological polar surface area (TPSA) is 30.4 Å². The van der Waals surface area contributed by atoms with E-state index in [2.05, 4.69) is 40.7 Å². The molecule has 19 heavy (non-hydrogen) atoms. The van der Waals surface area contributed by atoms with Crippen LogP contribution in [0.1, 0.15) is 12.0 Å². The van der Waals surface area contributed by atoms with E-state index >= 15 is 0 Å². The first-order valence-electron chi connectivity index (χ1n) is 6.58. The van der Waals surface area contributed by atoms with Gasteiger partial charge in [0.2, 0.25) is 0 Å². The van der Waals surface area contributed by atoms with Gasteiger partial charge in [-0.3, -0.25) is 0 Å². The Labute approximate surface area is 113 Å². The zero-order valence-electron chi connectivity index (χ0n) is 11.3. The number of nitrogens with zero attached hydrogens (tertiary/aromatic N) is 3. The fourth-order valence-corrected chi connectivity index (χ4v) is 2.37. The van der Waals surface area contributed by atoms with E-state index in [4.69, 9.17) is 4.74 Å². The molecule has 1 aromatic heterocycles. The molecule has 0 amide bonds. The van der Waals surface area contributed by atoms with Crippen LogP contribution in [-0.4, -0.2) is 23.7 Å². The maximum Gasteiger partial charge on any atom is 0.390 e. The highest BCUT2D eigenvalue weighted by molar-refractivity contribution is 5.81. The molecule has 0 fully saturated rings. The van der Waals surface area contributed by atoms with E-state index in [1.54, 1.807) is 0 Å². The standard InChI is InChI=1S/C15H18N3O/c1-12-6-3-4-7-13(12)14-17(2)9-10-18(14)15-16-8-5-11-19-15/h3-4,6-7,9-10H,5,8,11H2,1-2H3/q+1. The molecule has 0 N–H and O–H groups in total. The van der Waals surface area contributed by atoms with Crippen molar-refractivity contribution in [2.24, 2.45) is 12.0 Å². The van der Waals surface area contributed by atoms with Gasteiger partial charge in [0.25, 0.3) is 5.82 Å². The third kappa shape index (κ3) is 2.14. The number of aliphatic imine (C=N–C) groups is 1. The minimum atomic E-state index is 0.699. The van der Waals surface area contributed by atoms with Crippen LogP contribution in [0.2, 0.25) is 0 Å². The highest BCUT2D eigenvalue weighted by Gasteiger charge is 2.24. The average Bonchev–Trinajstić information content (AvgIpc) is 2.82. The molecule has 4 nitrogen and oxygen atoms in total. The molecule has 98 valence electrons. The van der Waals surface area contributed by atoms with Crippen LogP contribution in [0, 0.1) is 6.92 Å². The van der Waals surface area contributed by atoms with Crippen LogP contribution in [0.4, 0.5) is 0 Å². The van der Waals surface area contributed by atoms with Crippen LogP contribution < -0.4 is 4.57 Å². The lowest BCUT2D eigenvalue weighted by atomic mass is 10.1. The van der Waals surface area contributed by atoms with Gasteiger partial charge in [0, 0.05) is 13.0 Å². The van der Waals surface area contributed by atoms with Crippen molar-refractivity contribution >= 4 is 6.02 Å². The molecule has 0 aliphatic carbocycles. The molecule has 0 saturated carbocycles. The number of aromatic nitrogens is 2. The van der Waals surface area contributed by atoms with Gasteiger partial charge in [-0.15, -0.1) is 4.57 Å². The lowest BCUT2D eigenvalue weighted by Gasteiger charge is -2.12. The number of ether oxygens (including phenoxy) is 1. The Morgan fingerprint density at radius 1 is 1.32 bits per heavy atom. The molecule has 1 aliphatic rings. The van der Waals surface area contributed by atoms with Gasteiger partial charge in [-0.25, -0.2) is 9.56 Å². The molecular formula is C15H18N3O+. The minimum absolute atomic E-state index is 0.699. The van der Waals surface area contributed by atoms with E-state index in [9.17, 15) is 0 Å². The summed E-state index contributed by atoms with van der Waals surface area (Å²) in [5.74, 6) is 1.10. The van der Waals surface area contributed by atoms with Crippen LogP contribution in [-0.2, 0) is 11.8 Å². The van der Waals surface area contributed by atoms with Crippen molar-refractivity contribution in [3.63, 3.8) is 0 Å². The summed E-state index contributed by atoms with van der Waals surface area (Å²) in [7, 11) is 2.04. The molecule has 1 aliphatic heterocycles. The Hall–Kier alpha value is -2.10. The smallest absolute Gasteiger partial charge is 0.390 e. The van der Waals surface area contributed by atoms with Crippen LogP contribution in [0.5, 0.6) is 0 Å². The van der Waals surface area contributed by atoms with E-state index in [1.165, 1.54) is 11.1 Å². The van der Waals surface area contributed by atoms with Crippen LogP contribution in [0.25, 0.3) is 11.4 Å². The maximum atomic E-state index is 5.68. The van der Waals surface area contributed by atoms with Gasteiger partial charge in [0.05, 0.1) is 19.2 Å². The van der Waals surface area contributed by atoms with Crippen molar-refractivity contribution in [1.82, 2.24) is 4.57 Å². The summed E-state index contributed by atoms with van der Waals surface area (Å²) in [5, 5.41) is 0. The second-order valence-corrected chi connectivity index (χ2v) is 4.78. The monoisotopic (exact) mass is 256 g/mol. The Morgan fingerprint density at radius 2 is 2.16 bits per heavy atom. The van der Waals surface area contributed by atoms with E-state index in [1.807, 2.05) is 24.0 Å². The van der Waals surface area contributed by atoms with E-state index in [0.29, 0.717) is 6.02 Å². The first-order chi connectivity index (χ1) is 9.27. The minimum Gasteiger partial charge on any atom is -0.447 e. The van der Waals surface area contributed by atoms with Crippen LogP contribution in [0.3, 0.4) is 0 Å². The van der Waals surface area contributed by atoms with Crippen LogP contribution in [0.15, 0.2) is 41.7 Å². The highest BCUT2D eigenvalue weighted by atomic mass is 16.5. The second-order valence-electron chi connectivity index (χ2n) is 4.78. The van der Waals surface area contributed by atoms with Crippen molar-refractivity contribution in [3.8, 4) is 11.4 Å². The zero-order valence-corrected chi connectivity index (χ0v) is 11.3. The average molecular weight is 256 g/mol. The Balaban J connectivity index is 2.14. The first kappa shape index (κ1) is 12.0. The molecule has 0 saturated heterocycles. The van der Waals surface area contributed by atoms with Crippen molar-refractivity contribution in [1.29, 1.82) is 0 Å². The highest BCUT2D eigenvalue weighted by Crippen LogP contribution is 2.20. The summed E-state index contributed by atoms with van der Waals surface area (Å²) in [5.41, 5.74) is 2.45. The van der Waals surface area contributed by atoms with Crippen molar-refractivity contribution in [3.05, 3.63) is 42.2 Å². The predicted octanol–water partition coefficient (Wildman–Crippen LogP) is 1.91. The van der Waals surface area contributed by atoms with Gasteiger partial charge in [0.1, 0.15) is 12.4 Å². The predicted molar refractivity (Wildman–Crippen MR) is 74.1 cm³/mol. The van der Waals surface area contributed by atoms with Gasteiger partial charge in [-0.1, -0.05) is 18.2 Å². The van der Waals surface area contributed by atoms with Crippen LogP contribution >= 0.6 is 0 Å². The lowest BCUT2D eigenvalue weighted by Crippen LogP contribution is -2.32. The second kappa shape index (κ2) is 4.88. The molecular weight excluding hydrogens is 238 g/mol. The molecule has 0 unspecified atom stereocenters. The summed E-state index contributed by atoms with van der Waals surface area (Å²) >= 11 is 0. The number of hydrogen-bond donors (Lipinski definition) is 0. The summed E-state index contributed by atoms with van der Waals surface area (Å²) in [6, 6.07) is 9.06. The van der Waals surface area contributed by atoms with Gasteiger partial charge in [0.15, 0.2) is 0 Å². The Bertz CT molecular complexity index is 628. The number of benzene rings is 1. The molecule has 0 bridgehead atoms. The molecule has 2 heterocycles. The molecule has 1 aromatic carbocycles. The van der Waals surface area contributed by atoms with Crippen molar-refractivity contribution in [2.75, 3.05) is 13.2 Å². The first-order valence-corrected chi connectivity index (χ1v) is 6.58. The number of aryl methyl sites for hydroxylation is 2. The summed E-state index contributed by atoms with van der Waals surface area (Å²) in [6.45, 7) is 3.70. The number of rotatable bonds is 1. The third-order valence-corrected chi connectivity index (χ3v) is 3.37. The van der Waals surface area contributed by atoms with Crippen molar-refractivity contribution < 1.29 is 9.30 Å². The summed E-state index contributed by atoms with van der Waals surface area (Å²) in [4.78, 5) is 4.47. The van der Waals surface area contributed by atoms with Gasteiger partial charge >= 0.3 is 6.02 Å². The number of hydrogen-bond acceptors (Lipinski definition) is 2. The zero-order chi connectivity index (χ0) is 13.2. The SMILES string of the molecule is Cc1ccccc1-c1n(C2=NCCCO2)cc[n+]1C. The largest absolute Gasteiger partial charge is 0.447 e. The van der Waals surface area contributed by atoms with Gasteiger partial charge in [-0.05, 0) is 18.6 Å². The summed E-state index contributed by atoms with van der Waals surface area (Å²) < 4.78 is 9.81. The van der Waals surface area contributed by atoms with E-state index in [0.717, 1.165) is 25.4 Å². The van der Waals surface area contributed by atoms with E-state index < -0.39 is 0 Å². The molecule has 4 heteroatoms. The Kier molecular flexibility index (Phi) is 3.07. The number of imidazole rings is 1. The lowest BCUT2D eigenvalue weighted by molar-refractivity contribution is -0.659. The summed E-state index contributed by atoms with van der Waals surface area (Å²) in [6.07, 6.45) is 5.03. The molecule has 0 spiro atoms. The Morgan fingerprint density at radius 3 is 2.89 bits per heavy atom. The molecule has 0 atom stereocenters. The fraction of sp³-hybridized carbons (Fsp3) is 0.333. The molecule has 3 rings (SSSR count). The third-order valence-electron chi connectivity index (χ3n) is 3.37. The quantitative estimate of drug-likeness (QED) is 0.717. The van der Waals surface area contributed by atoms with Gasteiger partial charge in [-0.2, -0.15) is 0 Å². The maximum absolute atomic E-state index is 5.68. The fourth-order valence-electron chi connectivity index (χ4n) is 2.37. The van der Waals surface area contributed by atoms with E-state index in [-0.39, 0.29) is 0 Å². The van der Waals surface area contributed by atoms with Gasteiger partial charge < -0.3 is 4.74 Å². The molecule has 2 aromatic rings. The molecule has 0 radical (unpaired) electrons.